The summed E-state index contributed by atoms with van der Waals surface area (Å²) in [7, 11) is 1.31. The summed E-state index contributed by atoms with van der Waals surface area (Å²) in [5, 5.41) is 0. The van der Waals surface area contributed by atoms with Gasteiger partial charge in [0.25, 0.3) is 0 Å². The second-order valence-corrected chi connectivity index (χ2v) is 3.42. The Morgan fingerprint density at radius 1 is 1.33 bits per heavy atom. The molecule has 0 aliphatic carbocycles. The van der Waals surface area contributed by atoms with Crippen molar-refractivity contribution in [1.29, 1.82) is 0 Å². The standard InChI is InChI=1S/C11H11F3O4/c1-7-3-4-8(11(12,13)14)5-9(7)10(15)18-17-6-16-2/h3-5H,6H2,1-2H3. The van der Waals surface area contributed by atoms with Gasteiger partial charge in [-0.2, -0.15) is 18.1 Å². The molecule has 0 heterocycles. The molecule has 1 aromatic rings. The molecule has 1 aromatic carbocycles. The van der Waals surface area contributed by atoms with Crippen LogP contribution in [0, 0.1) is 6.92 Å². The van der Waals surface area contributed by atoms with Crippen LogP contribution in [0.3, 0.4) is 0 Å². The number of carbonyl (C=O) groups excluding carboxylic acids is 1. The number of hydrogen-bond acceptors (Lipinski definition) is 4. The van der Waals surface area contributed by atoms with Crippen molar-refractivity contribution >= 4 is 5.97 Å². The summed E-state index contributed by atoms with van der Waals surface area (Å²) >= 11 is 0. The van der Waals surface area contributed by atoms with Gasteiger partial charge >= 0.3 is 12.1 Å². The molecule has 0 atom stereocenters. The zero-order chi connectivity index (χ0) is 13.8. The molecule has 0 aliphatic rings. The average Bonchev–Trinajstić information content (AvgIpc) is 2.28. The van der Waals surface area contributed by atoms with Crippen LogP contribution >= 0.6 is 0 Å². The fourth-order valence-electron chi connectivity index (χ4n) is 1.19. The predicted molar refractivity (Wildman–Crippen MR) is 54.6 cm³/mol. The van der Waals surface area contributed by atoms with E-state index in [0.717, 1.165) is 6.07 Å². The lowest BCUT2D eigenvalue weighted by molar-refractivity contribution is -0.286. The molecule has 0 bridgehead atoms. The van der Waals surface area contributed by atoms with Crippen LogP contribution in [0.25, 0.3) is 0 Å². The zero-order valence-corrected chi connectivity index (χ0v) is 9.71. The molecule has 18 heavy (non-hydrogen) atoms. The van der Waals surface area contributed by atoms with Crippen LogP contribution < -0.4 is 0 Å². The van der Waals surface area contributed by atoms with E-state index in [1.807, 2.05) is 0 Å². The molecule has 0 unspecified atom stereocenters. The molecule has 0 saturated carbocycles. The topological polar surface area (TPSA) is 44.8 Å². The van der Waals surface area contributed by atoms with Gasteiger partial charge in [0.1, 0.15) is 0 Å². The molecule has 0 N–H and O–H groups in total. The van der Waals surface area contributed by atoms with Crippen LogP contribution in [0.15, 0.2) is 18.2 Å². The fourth-order valence-corrected chi connectivity index (χ4v) is 1.19. The van der Waals surface area contributed by atoms with E-state index in [1.54, 1.807) is 0 Å². The second-order valence-electron chi connectivity index (χ2n) is 3.42. The summed E-state index contributed by atoms with van der Waals surface area (Å²) in [5.74, 6) is -1.00. The SMILES string of the molecule is COCOOC(=O)c1cc(C(F)(F)F)ccc1C. The minimum Gasteiger partial charge on any atom is -0.355 e. The third-order valence-electron chi connectivity index (χ3n) is 2.09. The summed E-state index contributed by atoms with van der Waals surface area (Å²) in [5.41, 5.74) is -0.776. The van der Waals surface area contributed by atoms with E-state index >= 15 is 0 Å². The van der Waals surface area contributed by atoms with Gasteiger partial charge < -0.3 is 4.74 Å². The highest BCUT2D eigenvalue weighted by Crippen LogP contribution is 2.30. The first-order chi connectivity index (χ1) is 8.36. The number of hydrogen-bond donors (Lipinski definition) is 0. The Labute approximate surface area is 101 Å². The molecule has 0 spiro atoms. The van der Waals surface area contributed by atoms with Gasteiger partial charge in [-0.05, 0) is 24.6 Å². The number of halogens is 3. The average molecular weight is 264 g/mol. The van der Waals surface area contributed by atoms with Crippen molar-refractivity contribution in [2.24, 2.45) is 0 Å². The molecule has 0 radical (unpaired) electrons. The minimum absolute atomic E-state index is 0.207. The summed E-state index contributed by atoms with van der Waals surface area (Å²) in [4.78, 5) is 20.1. The van der Waals surface area contributed by atoms with Gasteiger partial charge in [0.05, 0.1) is 11.1 Å². The van der Waals surface area contributed by atoms with Crippen molar-refractivity contribution in [3.05, 3.63) is 34.9 Å². The van der Waals surface area contributed by atoms with Crippen LogP contribution in [0.2, 0.25) is 0 Å². The molecule has 1 rings (SSSR count). The lowest BCUT2D eigenvalue weighted by Crippen LogP contribution is -2.12. The van der Waals surface area contributed by atoms with Gasteiger partial charge in [0.2, 0.25) is 0 Å². The van der Waals surface area contributed by atoms with Crippen molar-refractivity contribution in [1.82, 2.24) is 0 Å². The third kappa shape index (κ3) is 3.71. The highest BCUT2D eigenvalue weighted by Gasteiger charge is 2.31. The maximum Gasteiger partial charge on any atom is 0.416 e. The molecule has 0 aromatic heterocycles. The molecule has 100 valence electrons. The lowest BCUT2D eigenvalue weighted by atomic mass is 10.1. The molecule has 0 saturated heterocycles. The Morgan fingerprint density at radius 3 is 2.56 bits per heavy atom. The number of ether oxygens (including phenoxy) is 1. The van der Waals surface area contributed by atoms with E-state index in [4.69, 9.17) is 0 Å². The van der Waals surface area contributed by atoms with Crippen molar-refractivity contribution in [2.75, 3.05) is 13.9 Å². The van der Waals surface area contributed by atoms with Gasteiger partial charge in [-0.3, -0.25) is 4.89 Å². The first-order valence-electron chi connectivity index (χ1n) is 4.87. The van der Waals surface area contributed by atoms with Crippen molar-refractivity contribution in [2.45, 2.75) is 13.1 Å². The normalized spacial score (nSPS) is 11.4. The first-order valence-corrected chi connectivity index (χ1v) is 4.87. The number of alkyl halides is 3. The van der Waals surface area contributed by atoms with Crippen LogP contribution in [0.4, 0.5) is 13.2 Å². The first kappa shape index (κ1) is 14.5. The van der Waals surface area contributed by atoms with Crippen molar-refractivity contribution in [3.8, 4) is 0 Å². The second kappa shape index (κ2) is 5.83. The monoisotopic (exact) mass is 264 g/mol. The summed E-state index contributed by atoms with van der Waals surface area (Å²) < 4.78 is 41.9. The Balaban J connectivity index is 2.90. The largest absolute Gasteiger partial charge is 0.416 e. The zero-order valence-electron chi connectivity index (χ0n) is 9.71. The summed E-state index contributed by atoms with van der Waals surface area (Å²) in [6, 6.07) is 2.80. The molecule has 0 fully saturated rings. The maximum atomic E-state index is 12.5. The van der Waals surface area contributed by atoms with E-state index in [2.05, 4.69) is 14.5 Å². The fraction of sp³-hybridized carbons (Fsp3) is 0.364. The highest BCUT2D eigenvalue weighted by molar-refractivity contribution is 5.90. The highest BCUT2D eigenvalue weighted by atomic mass is 19.4. The van der Waals surface area contributed by atoms with Crippen molar-refractivity contribution < 1.29 is 32.5 Å². The van der Waals surface area contributed by atoms with Gasteiger partial charge in [-0.15, -0.1) is 0 Å². The summed E-state index contributed by atoms with van der Waals surface area (Å²) in [6.07, 6.45) is -4.52. The Kier molecular flexibility index (Phi) is 4.69. The van der Waals surface area contributed by atoms with Gasteiger partial charge in [0.15, 0.2) is 6.79 Å². The van der Waals surface area contributed by atoms with E-state index in [9.17, 15) is 18.0 Å². The van der Waals surface area contributed by atoms with Crippen LogP contribution in [0.1, 0.15) is 21.5 Å². The summed E-state index contributed by atoms with van der Waals surface area (Å²) in [6.45, 7) is 1.19. The third-order valence-corrected chi connectivity index (χ3v) is 2.09. The molecule has 4 nitrogen and oxygen atoms in total. The van der Waals surface area contributed by atoms with Gasteiger partial charge in [-0.25, -0.2) is 4.79 Å². The quantitative estimate of drug-likeness (QED) is 0.363. The van der Waals surface area contributed by atoms with E-state index in [0.29, 0.717) is 11.6 Å². The number of carbonyl (C=O) groups is 1. The van der Waals surface area contributed by atoms with Gasteiger partial charge in [0, 0.05) is 7.11 Å². The number of methoxy groups -OCH3 is 1. The van der Waals surface area contributed by atoms with E-state index in [1.165, 1.54) is 20.1 Å². The Morgan fingerprint density at radius 2 is 2.00 bits per heavy atom. The van der Waals surface area contributed by atoms with E-state index in [-0.39, 0.29) is 12.4 Å². The Hall–Kier alpha value is -1.60. The molecular formula is C11H11F3O4. The minimum atomic E-state index is -4.52. The lowest BCUT2D eigenvalue weighted by Gasteiger charge is -2.10. The van der Waals surface area contributed by atoms with E-state index < -0.39 is 17.7 Å². The Bertz CT molecular complexity index is 429. The van der Waals surface area contributed by atoms with Crippen LogP contribution in [0.5, 0.6) is 0 Å². The number of rotatable bonds is 4. The molecule has 0 aliphatic heterocycles. The molecule has 0 amide bonds. The number of benzene rings is 1. The van der Waals surface area contributed by atoms with Crippen molar-refractivity contribution in [3.63, 3.8) is 0 Å². The molecular weight excluding hydrogens is 253 g/mol. The van der Waals surface area contributed by atoms with Gasteiger partial charge in [-0.1, -0.05) is 6.07 Å². The molecule has 7 heteroatoms. The van der Waals surface area contributed by atoms with Crippen LogP contribution in [-0.4, -0.2) is 19.9 Å². The predicted octanol–water partition coefficient (Wildman–Crippen LogP) is 2.71. The smallest absolute Gasteiger partial charge is 0.355 e. The maximum absolute atomic E-state index is 12.5. The van der Waals surface area contributed by atoms with Crippen LogP contribution in [-0.2, 0) is 20.7 Å². The number of aryl methyl sites for hydroxylation is 1.